The van der Waals surface area contributed by atoms with E-state index in [1.807, 2.05) is 0 Å². The molecular formula is C17H28N2O. The molecule has 3 heteroatoms. The third kappa shape index (κ3) is 3.15. The molecule has 1 aliphatic rings. The van der Waals surface area contributed by atoms with Crippen molar-refractivity contribution in [2.75, 3.05) is 27.7 Å². The molecule has 112 valence electrons. The van der Waals surface area contributed by atoms with E-state index < -0.39 is 0 Å². The van der Waals surface area contributed by atoms with Gasteiger partial charge in [0.05, 0.1) is 7.11 Å². The molecule has 0 fully saturated rings. The minimum atomic E-state index is 0.423. The van der Waals surface area contributed by atoms with E-state index in [2.05, 4.69) is 49.4 Å². The molecule has 0 aliphatic heterocycles. The molecule has 0 saturated heterocycles. The van der Waals surface area contributed by atoms with E-state index in [4.69, 9.17) is 4.74 Å². The normalized spacial score (nSPS) is 21.9. The van der Waals surface area contributed by atoms with Gasteiger partial charge in [0, 0.05) is 12.1 Å². The fourth-order valence-corrected chi connectivity index (χ4v) is 3.30. The molecule has 2 unspecified atom stereocenters. The standard InChI is InChI=1S/C17H28N2O/c1-5-6-11-19(3)16-10-7-13-12-14(20-4)8-9-15(13)17(16)18-2/h8-9,12,16-18H,5-7,10-11H2,1-4H3. The topological polar surface area (TPSA) is 24.5 Å². The van der Waals surface area contributed by atoms with Gasteiger partial charge in [-0.05, 0) is 63.2 Å². The number of benzene rings is 1. The van der Waals surface area contributed by atoms with Gasteiger partial charge >= 0.3 is 0 Å². The van der Waals surface area contributed by atoms with Crippen LogP contribution in [-0.4, -0.2) is 38.7 Å². The Bertz CT molecular complexity index is 433. The third-order valence-corrected chi connectivity index (χ3v) is 4.52. The Labute approximate surface area is 123 Å². The molecule has 0 spiro atoms. The van der Waals surface area contributed by atoms with E-state index in [9.17, 15) is 0 Å². The summed E-state index contributed by atoms with van der Waals surface area (Å²) in [5.41, 5.74) is 2.87. The predicted octanol–water partition coefficient (Wildman–Crippen LogP) is 3.00. The van der Waals surface area contributed by atoms with Crippen molar-refractivity contribution in [3.8, 4) is 5.75 Å². The highest BCUT2D eigenvalue weighted by atomic mass is 16.5. The molecule has 1 aromatic rings. The molecule has 2 rings (SSSR count). The van der Waals surface area contributed by atoms with Crippen molar-refractivity contribution in [1.29, 1.82) is 0 Å². The molecule has 1 aromatic carbocycles. The van der Waals surface area contributed by atoms with Crippen LogP contribution < -0.4 is 10.1 Å². The Kier molecular flexibility index (Phi) is 5.44. The zero-order chi connectivity index (χ0) is 14.5. The van der Waals surface area contributed by atoms with Crippen molar-refractivity contribution < 1.29 is 4.74 Å². The second-order valence-electron chi connectivity index (χ2n) is 5.77. The summed E-state index contributed by atoms with van der Waals surface area (Å²) in [4.78, 5) is 2.53. The van der Waals surface area contributed by atoms with E-state index in [1.165, 1.54) is 36.9 Å². The number of methoxy groups -OCH3 is 1. The molecule has 0 heterocycles. The lowest BCUT2D eigenvalue weighted by Crippen LogP contribution is -2.45. The van der Waals surface area contributed by atoms with Crippen molar-refractivity contribution in [1.82, 2.24) is 10.2 Å². The van der Waals surface area contributed by atoms with Gasteiger partial charge < -0.3 is 15.0 Å². The molecule has 0 bridgehead atoms. The number of nitrogens with one attached hydrogen (secondary N) is 1. The highest BCUT2D eigenvalue weighted by molar-refractivity contribution is 5.40. The van der Waals surface area contributed by atoms with Crippen molar-refractivity contribution in [2.24, 2.45) is 0 Å². The quantitative estimate of drug-likeness (QED) is 0.864. The smallest absolute Gasteiger partial charge is 0.119 e. The summed E-state index contributed by atoms with van der Waals surface area (Å²) in [5, 5.41) is 3.52. The van der Waals surface area contributed by atoms with Gasteiger partial charge in [-0.25, -0.2) is 0 Å². The lowest BCUT2D eigenvalue weighted by Gasteiger charge is -2.39. The van der Waals surface area contributed by atoms with E-state index in [-0.39, 0.29) is 0 Å². The molecule has 0 amide bonds. The van der Waals surface area contributed by atoms with Crippen LogP contribution >= 0.6 is 0 Å². The van der Waals surface area contributed by atoms with Gasteiger partial charge in [-0.1, -0.05) is 19.4 Å². The number of rotatable bonds is 6. The zero-order valence-electron chi connectivity index (χ0n) is 13.3. The van der Waals surface area contributed by atoms with Crippen LogP contribution in [0.15, 0.2) is 18.2 Å². The molecule has 3 nitrogen and oxygen atoms in total. The van der Waals surface area contributed by atoms with Crippen LogP contribution in [-0.2, 0) is 6.42 Å². The van der Waals surface area contributed by atoms with Crippen molar-refractivity contribution in [3.63, 3.8) is 0 Å². The molecule has 1 N–H and O–H groups in total. The summed E-state index contributed by atoms with van der Waals surface area (Å²) in [5.74, 6) is 0.969. The van der Waals surface area contributed by atoms with Gasteiger partial charge in [-0.15, -0.1) is 0 Å². The third-order valence-electron chi connectivity index (χ3n) is 4.52. The summed E-state index contributed by atoms with van der Waals surface area (Å²) in [6, 6.07) is 7.52. The maximum atomic E-state index is 5.35. The molecule has 1 aliphatic carbocycles. The number of hydrogen-bond donors (Lipinski definition) is 1. The molecular weight excluding hydrogens is 248 g/mol. The first-order valence-electron chi connectivity index (χ1n) is 7.75. The lowest BCUT2D eigenvalue weighted by atomic mass is 9.83. The molecule has 0 aromatic heterocycles. The summed E-state index contributed by atoms with van der Waals surface area (Å²) in [6.45, 7) is 3.44. The number of likely N-dealkylation sites (N-methyl/N-ethyl adjacent to an activating group) is 2. The number of aryl methyl sites for hydroxylation is 1. The van der Waals surface area contributed by atoms with Gasteiger partial charge in [0.25, 0.3) is 0 Å². The average Bonchev–Trinajstić information content (AvgIpc) is 2.50. The van der Waals surface area contributed by atoms with Gasteiger partial charge in [0.15, 0.2) is 0 Å². The predicted molar refractivity (Wildman–Crippen MR) is 84.4 cm³/mol. The number of unbranched alkanes of at least 4 members (excludes halogenated alkanes) is 1. The fraction of sp³-hybridized carbons (Fsp3) is 0.647. The SMILES string of the molecule is CCCCN(C)C1CCc2cc(OC)ccc2C1NC. The second kappa shape index (κ2) is 7.09. The van der Waals surface area contributed by atoms with Crippen LogP contribution in [0.2, 0.25) is 0 Å². The van der Waals surface area contributed by atoms with E-state index >= 15 is 0 Å². The van der Waals surface area contributed by atoms with Crippen LogP contribution in [0.1, 0.15) is 43.4 Å². The van der Waals surface area contributed by atoms with Crippen LogP contribution in [0, 0.1) is 0 Å². The molecule has 20 heavy (non-hydrogen) atoms. The summed E-state index contributed by atoms with van der Waals surface area (Å²) < 4.78 is 5.35. The number of ether oxygens (including phenoxy) is 1. The van der Waals surface area contributed by atoms with E-state index in [1.54, 1.807) is 7.11 Å². The number of hydrogen-bond acceptors (Lipinski definition) is 3. The minimum absolute atomic E-state index is 0.423. The number of fused-ring (bicyclic) bond motifs is 1. The van der Waals surface area contributed by atoms with Crippen LogP contribution in [0.25, 0.3) is 0 Å². The highest BCUT2D eigenvalue weighted by Gasteiger charge is 2.31. The summed E-state index contributed by atoms with van der Waals surface area (Å²) in [7, 11) is 6.07. The Balaban J connectivity index is 2.19. The van der Waals surface area contributed by atoms with Crippen molar-refractivity contribution in [3.05, 3.63) is 29.3 Å². The fourth-order valence-electron chi connectivity index (χ4n) is 3.30. The Hall–Kier alpha value is -1.06. The minimum Gasteiger partial charge on any atom is -0.497 e. The van der Waals surface area contributed by atoms with E-state index in [0.29, 0.717) is 12.1 Å². The molecule has 0 saturated carbocycles. The van der Waals surface area contributed by atoms with Crippen molar-refractivity contribution in [2.45, 2.75) is 44.7 Å². The maximum absolute atomic E-state index is 5.35. The van der Waals surface area contributed by atoms with Crippen LogP contribution in [0.4, 0.5) is 0 Å². The Morgan fingerprint density at radius 3 is 2.85 bits per heavy atom. The first-order chi connectivity index (χ1) is 9.71. The highest BCUT2D eigenvalue weighted by Crippen LogP contribution is 2.34. The summed E-state index contributed by atoms with van der Waals surface area (Å²) in [6.07, 6.45) is 4.89. The van der Waals surface area contributed by atoms with E-state index in [0.717, 1.165) is 12.2 Å². The largest absolute Gasteiger partial charge is 0.497 e. The summed E-state index contributed by atoms with van der Waals surface area (Å²) >= 11 is 0. The molecule has 2 atom stereocenters. The lowest BCUT2D eigenvalue weighted by molar-refractivity contribution is 0.175. The first kappa shape index (κ1) is 15.3. The Morgan fingerprint density at radius 1 is 1.40 bits per heavy atom. The zero-order valence-corrected chi connectivity index (χ0v) is 13.3. The molecule has 0 radical (unpaired) electrons. The van der Waals surface area contributed by atoms with Crippen LogP contribution in [0.3, 0.4) is 0 Å². The van der Waals surface area contributed by atoms with Gasteiger partial charge in [-0.2, -0.15) is 0 Å². The Morgan fingerprint density at radius 2 is 2.20 bits per heavy atom. The maximum Gasteiger partial charge on any atom is 0.119 e. The average molecular weight is 276 g/mol. The number of nitrogens with zero attached hydrogens (tertiary/aromatic N) is 1. The first-order valence-corrected chi connectivity index (χ1v) is 7.75. The van der Waals surface area contributed by atoms with Gasteiger partial charge in [0.1, 0.15) is 5.75 Å². The second-order valence-corrected chi connectivity index (χ2v) is 5.77. The van der Waals surface area contributed by atoms with Crippen molar-refractivity contribution >= 4 is 0 Å². The van der Waals surface area contributed by atoms with Crippen LogP contribution in [0.5, 0.6) is 5.75 Å². The monoisotopic (exact) mass is 276 g/mol. The van der Waals surface area contributed by atoms with Gasteiger partial charge in [0.2, 0.25) is 0 Å². The van der Waals surface area contributed by atoms with Gasteiger partial charge in [-0.3, -0.25) is 0 Å².